The van der Waals surface area contributed by atoms with Crippen LogP contribution in [0.5, 0.6) is 17.2 Å². The van der Waals surface area contributed by atoms with Gasteiger partial charge in [-0.25, -0.2) is 0 Å². The minimum absolute atomic E-state index is 0. The van der Waals surface area contributed by atoms with Gasteiger partial charge in [-0.2, -0.15) is 0 Å². The fraction of sp³-hybridized carbons (Fsp3) is 0.409. The number of halogens is 1. The number of methoxy groups -OCH3 is 2. The zero-order valence-electron chi connectivity index (χ0n) is 17.8. The molecule has 0 amide bonds. The van der Waals surface area contributed by atoms with Gasteiger partial charge in [-0.05, 0) is 68.1 Å². The summed E-state index contributed by atoms with van der Waals surface area (Å²) in [7, 11) is 3.28. The van der Waals surface area contributed by atoms with Gasteiger partial charge >= 0.3 is 0 Å². The second-order valence-corrected chi connectivity index (χ2v) is 7.04. The number of nitrogens with two attached hydrogens (primary N) is 1. The lowest BCUT2D eigenvalue weighted by atomic mass is 10.0. The third-order valence-corrected chi connectivity index (χ3v) is 4.10. The first kappa shape index (κ1) is 24.9. The van der Waals surface area contributed by atoms with Crippen molar-refractivity contribution in [1.82, 2.24) is 0 Å². The van der Waals surface area contributed by atoms with E-state index in [-0.39, 0.29) is 30.1 Å². The van der Waals surface area contributed by atoms with E-state index in [4.69, 9.17) is 19.9 Å². The van der Waals surface area contributed by atoms with Crippen LogP contribution in [-0.2, 0) is 6.42 Å². The smallest absolute Gasteiger partial charge is 0.193 e. The quantitative estimate of drug-likeness (QED) is 0.289. The molecule has 2 aromatic carbocycles. The normalized spacial score (nSPS) is 12.1. The van der Waals surface area contributed by atoms with Crippen LogP contribution in [0.15, 0.2) is 47.5 Å². The van der Waals surface area contributed by atoms with Crippen LogP contribution in [0.3, 0.4) is 0 Å². The van der Waals surface area contributed by atoms with Gasteiger partial charge in [0.05, 0.1) is 20.3 Å². The first-order valence-electron chi connectivity index (χ1n) is 9.45. The zero-order chi connectivity index (χ0) is 20.5. The molecule has 0 spiro atoms. The van der Waals surface area contributed by atoms with Crippen molar-refractivity contribution in [2.24, 2.45) is 16.6 Å². The van der Waals surface area contributed by atoms with Crippen molar-refractivity contribution in [2.45, 2.75) is 33.3 Å². The fourth-order valence-electron chi connectivity index (χ4n) is 2.81. The lowest BCUT2D eigenvalue weighted by molar-refractivity contribution is 0.242. The van der Waals surface area contributed by atoms with Crippen molar-refractivity contribution in [2.75, 3.05) is 26.1 Å². The molecule has 0 saturated heterocycles. The van der Waals surface area contributed by atoms with Gasteiger partial charge in [0, 0.05) is 12.2 Å². The summed E-state index contributed by atoms with van der Waals surface area (Å²) in [5.74, 6) is 3.04. The Hall–Kier alpha value is -2.16. The number of anilines is 1. The SMILES string of the molecule is COc1ccc(CC(C)CN=C(N)Nc2ccc(OC(C)C)cc2)cc1OC.I. The van der Waals surface area contributed by atoms with Crippen LogP contribution < -0.4 is 25.3 Å². The number of guanidine groups is 1. The number of hydrogen-bond acceptors (Lipinski definition) is 4. The number of hydrogen-bond donors (Lipinski definition) is 2. The zero-order valence-corrected chi connectivity index (χ0v) is 20.1. The Balaban J connectivity index is 0.00000420. The standard InChI is InChI=1S/C22H31N3O3.HI/c1-15(2)28-19-9-7-18(8-10-19)25-22(23)24-14-16(3)12-17-6-11-20(26-4)21(13-17)27-5;/h6-11,13,15-16H,12,14H2,1-5H3,(H3,23,24,25);1H. The van der Waals surface area contributed by atoms with Gasteiger partial charge in [-0.3, -0.25) is 4.99 Å². The summed E-state index contributed by atoms with van der Waals surface area (Å²) in [6.07, 6.45) is 1.02. The number of benzene rings is 2. The number of nitrogens with zero attached hydrogens (tertiary/aromatic N) is 1. The minimum atomic E-state index is 0. The molecule has 0 fully saturated rings. The summed E-state index contributed by atoms with van der Waals surface area (Å²) >= 11 is 0. The number of nitrogens with one attached hydrogen (secondary N) is 1. The van der Waals surface area contributed by atoms with Gasteiger partial charge < -0.3 is 25.3 Å². The van der Waals surface area contributed by atoms with Crippen LogP contribution in [0.2, 0.25) is 0 Å². The van der Waals surface area contributed by atoms with E-state index in [1.807, 2.05) is 56.3 Å². The molecule has 0 heterocycles. The molecule has 2 aromatic rings. The first-order valence-corrected chi connectivity index (χ1v) is 9.45. The number of ether oxygens (including phenoxy) is 3. The highest BCUT2D eigenvalue weighted by atomic mass is 127. The van der Waals surface area contributed by atoms with Gasteiger partial charge in [0.25, 0.3) is 0 Å². The molecule has 6 nitrogen and oxygen atoms in total. The summed E-state index contributed by atoms with van der Waals surface area (Å²) in [6.45, 7) is 6.77. The maximum absolute atomic E-state index is 6.02. The Kier molecular flexibility index (Phi) is 10.6. The highest BCUT2D eigenvalue weighted by Crippen LogP contribution is 2.28. The molecule has 7 heteroatoms. The lowest BCUT2D eigenvalue weighted by Gasteiger charge is -2.13. The molecule has 1 unspecified atom stereocenters. The van der Waals surface area contributed by atoms with Crippen molar-refractivity contribution in [1.29, 1.82) is 0 Å². The van der Waals surface area contributed by atoms with Gasteiger partial charge in [-0.1, -0.05) is 13.0 Å². The van der Waals surface area contributed by atoms with E-state index in [9.17, 15) is 0 Å². The third kappa shape index (κ3) is 8.39. The van der Waals surface area contributed by atoms with Crippen LogP contribution in [0.1, 0.15) is 26.3 Å². The Bertz CT molecular complexity index is 779. The van der Waals surface area contributed by atoms with Gasteiger partial charge in [0.15, 0.2) is 17.5 Å². The molecule has 2 rings (SSSR count). The average Bonchev–Trinajstić information content (AvgIpc) is 2.67. The summed E-state index contributed by atoms with van der Waals surface area (Å²) in [4.78, 5) is 4.46. The molecule has 160 valence electrons. The number of rotatable bonds is 9. The van der Waals surface area contributed by atoms with E-state index in [0.717, 1.165) is 29.4 Å². The maximum atomic E-state index is 6.02. The largest absolute Gasteiger partial charge is 0.493 e. The van der Waals surface area contributed by atoms with E-state index < -0.39 is 0 Å². The summed E-state index contributed by atoms with van der Waals surface area (Å²) in [5, 5.41) is 3.11. The highest BCUT2D eigenvalue weighted by molar-refractivity contribution is 14.0. The third-order valence-electron chi connectivity index (χ3n) is 4.10. The Morgan fingerprint density at radius 1 is 1.00 bits per heavy atom. The topological polar surface area (TPSA) is 78.1 Å². The molecule has 29 heavy (non-hydrogen) atoms. The maximum Gasteiger partial charge on any atom is 0.193 e. The van der Waals surface area contributed by atoms with Crippen LogP contribution in [-0.4, -0.2) is 32.8 Å². The van der Waals surface area contributed by atoms with Crippen molar-refractivity contribution in [3.05, 3.63) is 48.0 Å². The van der Waals surface area contributed by atoms with Crippen molar-refractivity contribution in [3.8, 4) is 17.2 Å². The fourth-order valence-corrected chi connectivity index (χ4v) is 2.81. The van der Waals surface area contributed by atoms with Crippen molar-refractivity contribution >= 4 is 35.6 Å². The summed E-state index contributed by atoms with van der Waals surface area (Å²) in [6, 6.07) is 13.6. The van der Waals surface area contributed by atoms with Crippen LogP contribution in [0, 0.1) is 5.92 Å². The van der Waals surface area contributed by atoms with Crippen LogP contribution >= 0.6 is 24.0 Å². The molecule has 0 aliphatic carbocycles. The molecule has 0 aromatic heterocycles. The van der Waals surface area contributed by atoms with Gasteiger partial charge in [0.1, 0.15) is 5.75 Å². The molecule has 0 radical (unpaired) electrons. The first-order chi connectivity index (χ1) is 13.4. The van der Waals surface area contributed by atoms with E-state index in [2.05, 4.69) is 17.2 Å². The highest BCUT2D eigenvalue weighted by Gasteiger charge is 2.08. The molecular weight excluding hydrogens is 481 g/mol. The Morgan fingerprint density at radius 2 is 1.66 bits per heavy atom. The summed E-state index contributed by atoms with van der Waals surface area (Å²) in [5.41, 5.74) is 8.07. The van der Waals surface area contributed by atoms with E-state index in [1.165, 1.54) is 5.56 Å². The molecule has 3 N–H and O–H groups in total. The monoisotopic (exact) mass is 513 g/mol. The summed E-state index contributed by atoms with van der Waals surface area (Å²) < 4.78 is 16.3. The van der Waals surface area contributed by atoms with E-state index in [1.54, 1.807) is 14.2 Å². The van der Waals surface area contributed by atoms with Crippen LogP contribution in [0.25, 0.3) is 0 Å². The Morgan fingerprint density at radius 3 is 2.24 bits per heavy atom. The lowest BCUT2D eigenvalue weighted by Crippen LogP contribution is -2.23. The number of aliphatic imine (C=N–C) groups is 1. The van der Waals surface area contributed by atoms with Crippen molar-refractivity contribution < 1.29 is 14.2 Å². The molecule has 1 atom stereocenters. The van der Waals surface area contributed by atoms with Crippen molar-refractivity contribution in [3.63, 3.8) is 0 Å². The minimum Gasteiger partial charge on any atom is -0.493 e. The second kappa shape index (κ2) is 12.4. The molecule has 0 saturated carbocycles. The Labute approximate surface area is 190 Å². The molecule has 0 aliphatic rings. The molecular formula is C22H32IN3O3. The van der Waals surface area contributed by atoms with E-state index >= 15 is 0 Å². The molecule has 0 aliphatic heterocycles. The van der Waals surface area contributed by atoms with Gasteiger partial charge in [0.2, 0.25) is 0 Å². The molecule has 0 bridgehead atoms. The second-order valence-electron chi connectivity index (χ2n) is 7.04. The van der Waals surface area contributed by atoms with Crippen LogP contribution in [0.4, 0.5) is 5.69 Å². The predicted octanol–water partition coefficient (Wildman–Crippen LogP) is 4.71. The predicted molar refractivity (Wildman–Crippen MR) is 130 cm³/mol. The van der Waals surface area contributed by atoms with Gasteiger partial charge in [-0.15, -0.1) is 24.0 Å². The average molecular weight is 513 g/mol. The van der Waals surface area contributed by atoms with E-state index in [0.29, 0.717) is 18.4 Å².